The van der Waals surface area contributed by atoms with E-state index >= 15 is 0 Å². The molecule has 1 aliphatic heterocycles. The van der Waals surface area contributed by atoms with E-state index in [2.05, 4.69) is 26.0 Å². The molecule has 1 saturated heterocycles. The minimum Gasteiger partial charge on any atom is -0.343 e. The molecule has 1 fully saturated rings. The highest BCUT2D eigenvalue weighted by molar-refractivity contribution is 5.73. The predicted molar refractivity (Wildman–Crippen MR) is 59.0 cm³/mol. The van der Waals surface area contributed by atoms with Gasteiger partial charge in [0.05, 0.1) is 0 Å². The Kier molecular flexibility index (Phi) is 4.18. The molecule has 2 heteroatoms. The molecule has 0 saturated carbocycles. The smallest absolute Gasteiger partial charge is 0.219 e. The van der Waals surface area contributed by atoms with Crippen molar-refractivity contribution in [3.63, 3.8) is 0 Å². The molecule has 80 valence electrons. The van der Waals surface area contributed by atoms with Gasteiger partial charge in [0.25, 0.3) is 0 Å². The molecule has 1 heterocycles. The van der Waals surface area contributed by atoms with Crippen LogP contribution in [0.5, 0.6) is 0 Å². The van der Waals surface area contributed by atoms with E-state index in [1.54, 1.807) is 6.92 Å². The lowest BCUT2D eigenvalue weighted by molar-refractivity contribution is -0.129. The second kappa shape index (κ2) is 5.18. The van der Waals surface area contributed by atoms with E-state index in [4.69, 9.17) is 0 Å². The number of rotatable bonds is 2. The number of nitrogens with zero attached hydrogens (tertiary/aromatic N) is 1. The van der Waals surface area contributed by atoms with Crippen molar-refractivity contribution in [1.82, 2.24) is 4.90 Å². The van der Waals surface area contributed by atoms with Crippen molar-refractivity contribution in [3.8, 4) is 0 Å². The van der Waals surface area contributed by atoms with Crippen LogP contribution in [0.3, 0.4) is 0 Å². The number of piperidine rings is 1. The third kappa shape index (κ3) is 3.52. The SMILES string of the molecule is CC(=O)N1CCC(/C=C/C(C)C)CC1. The van der Waals surface area contributed by atoms with Crippen molar-refractivity contribution >= 4 is 5.91 Å². The molecule has 0 aromatic heterocycles. The molecule has 1 amide bonds. The number of likely N-dealkylation sites (tertiary alicyclic amines) is 1. The number of hydrogen-bond donors (Lipinski definition) is 0. The van der Waals surface area contributed by atoms with E-state index in [9.17, 15) is 4.79 Å². The second-order valence-corrected chi connectivity index (χ2v) is 4.47. The van der Waals surface area contributed by atoms with Gasteiger partial charge in [-0.1, -0.05) is 26.0 Å². The maximum atomic E-state index is 11.1. The predicted octanol–water partition coefficient (Wildman–Crippen LogP) is 2.46. The number of allylic oxidation sites excluding steroid dienone is 2. The summed E-state index contributed by atoms with van der Waals surface area (Å²) in [5.74, 6) is 1.55. The van der Waals surface area contributed by atoms with Crippen LogP contribution in [-0.4, -0.2) is 23.9 Å². The van der Waals surface area contributed by atoms with Gasteiger partial charge in [-0.2, -0.15) is 0 Å². The fourth-order valence-corrected chi connectivity index (χ4v) is 1.79. The maximum Gasteiger partial charge on any atom is 0.219 e. The summed E-state index contributed by atoms with van der Waals surface area (Å²) in [7, 11) is 0. The van der Waals surface area contributed by atoms with Crippen LogP contribution in [0.25, 0.3) is 0 Å². The van der Waals surface area contributed by atoms with Crippen LogP contribution in [0.1, 0.15) is 33.6 Å². The Morgan fingerprint density at radius 1 is 1.36 bits per heavy atom. The van der Waals surface area contributed by atoms with Gasteiger partial charge in [0, 0.05) is 20.0 Å². The Hall–Kier alpha value is -0.790. The Morgan fingerprint density at radius 3 is 2.36 bits per heavy atom. The summed E-state index contributed by atoms with van der Waals surface area (Å²) in [4.78, 5) is 13.0. The van der Waals surface area contributed by atoms with E-state index < -0.39 is 0 Å². The molecule has 1 aliphatic rings. The van der Waals surface area contributed by atoms with Crippen molar-refractivity contribution in [1.29, 1.82) is 0 Å². The third-order valence-electron chi connectivity index (χ3n) is 2.75. The fraction of sp³-hybridized carbons (Fsp3) is 0.750. The first-order chi connectivity index (χ1) is 6.59. The lowest BCUT2D eigenvalue weighted by atomic mass is 9.95. The van der Waals surface area contributed by atoms with Crippen LogP contribution in [-0.2, 0) is 4.79 Å². The van der Waals surface area contributed by atoms with Gasteiger partial charge in [0.1, 0.15) is 0 Å². The number of hydrogen-bond acceptors (Lipinski definition) is 1. The highest BCUT2D eigenvalue weighted by atomic mass is 16.2. The first-order valence-electron chi connectivity index (χ1n) is 5.53. The molecule has 2 nitrogen and oxygen atoms in total. The van der Waals surface area contributed by atoms with Crippen LogP contribution in [0, 0.1) is 11.8 Å². The second-order valence-electron chi connectivity index (χ2n) is 4.47. The summed E-state index contributed by atoms with van der Waals surface area (Å²) in [5, 5.41) is 0. The lowest BCUT2D eigenvalue weighted by Crippen LogP contribution is -2.36. The molecule has 1 rings (SSSR count). The lowest BCUT2D eigenvalue weighted by Gasteiger charge is -2.29. The van der Waals surface area contributed by atoms with E-state index in [0.29, 0.717) is 11.8 Å². The minimum atomic E-state index is 0.219. The zero-order valence-corrected chi connectivity index (χ0v) is 9.49. The number of amides is 1. The Morgan fingerprint density at radius 2 is 1.93 bits per heavy atom. The Bertz CT molecular complexity index is 212. The Balaban J connectivity index is 2.32. The first kappa shape index (κ1) is 11.3. The largest absolute Gasteiger partial charge is 0.343 e. The van der Waals surface area contributed by atoms with Crippen LogP contribution >= 0.6 is 0 Å². The van der Waals surface area contributed by atoms with Gasteiger partial charge in [-0.25, -0.2) is 0 Å². The highest BCUT2D eigenvalue weighted by Crippen LogP contribution is 2.18. The van der Waals surface area contributed by atoms with E-state index in [-0.39, 0.29) is 5.91 Å². The molecule has 0 aliphatic carbocycles. The average Bonchev–Trinajstić information content (AvgIpc) is 2.15. The highest BCUT2D eigenvalue weighted by Gasteiger charge is 2.18. The van der Waals surface area contributed by atoms with Gasteiger partial charge < -0.3 is 4.90 Å². The average molecular weight is 195 g/mol. The van der Waals surface area contributed by atoms with Gasteiger partial charge in [-0.15, -0.1) is 0 Å². The molecular weight excluding hydrogens is 174 g/mol. The topological polar surface area (TPSA) is 20.3 Å². The quantitative estimate of drug-likeness (QED) is 0.620. The summed E-state index contributed by atoms with van der Waals surface area (Å²) >= 11 is 0. The van der Waals surface area contributed by atoms with Gasteiger partial charge in [-0.05, 0) is 24.7 Å². The molecule has 0 aromatic rings. The van der Waals surface area contributed by atoms with Crippen LogP contribution in [0.15, 0.2) is 12.2 Å². The van der Waals surface area contributed by atoms with Crippen LogP contribution in [0.2, 0.25) is 0 Å². The fourth-order valence-electron chi connectivity index (χ4n) is 1.79. The van der Waals surface area contributed by atoms with Gasteiger partial charge in [0.15, 0.2) is 0 Å². The van der Waals surface area contributed by atoms with Crippen LogP contribution in [0.4, 0.5) is 0 Å². The number of carbonyl (C=O) groups is 1. The summed E-state index contributed by atoms with van der Waals surface area (Å²) in [6.45, 7) is 7.91. The third-order valence-corrected chi connectivity index (χ3v) is 2.75. The van der Waals surface area contributed by atoms with Crippen molar-refractivity contribution < 1.29 is 4.79 Å². The summed E-state index contributed by atoms with van der Waals surface area (Å²) in [5.41, 5.74) is 0. The number of carbonyl (C=O) groups excluding carboxylic acids is 1. The molecule has 0 unspecified atom stereocenters. The molecular formula is C12H21NO. The van der Waals surface area contributed by atoms with Gasteiger partial charge >= 0.3 is 0 Å². The minimum absolute atomic E-state index is 0.219. The molecule has 0 spiro atoms. The van der Waals surface area contributed by atoms with Crippen molar-refractivity contribution in [3.05, 3.63) is 12.2 Å². The summed E-state index contributed by atoms with van der Waals surface area (Å²) in [6, 6.07) is 0. The molecule has 0 atom stereocenters. The van der Waals surface area contributed by atoms with Gasteiger partial charge in [-0.3, -0.25) is 4.79 Å². The van der Waals surface area contributed by atoms with Crippen LogP contribution < -0.4 is 0 Å². The summed E-state index contributed by atoms with van der Waals surface area (Å²) in [6.07, 6.45) is 6.85. The molecule has 14 heavy (non-hydrogen) atoms. The van der Waals surface area contributed by atoms with E-state index in [0.717, 1.165) is 25.9 Å². The van der Waals surface area contributed by atoms with Gasteiger partial charge in [0.2, 0.25) is 5.91 Å². The Labute approximate surface area is 87.0 Å². The van der Waals surface area contributed by atoms with Crippen molar-refractivity contribution in [2.45, 2.75) is 33.6 Å². The van der Waals surface area contributed by atoms with E-state index in [1.807, 2.05) is 4.90 Å². The molecule has 0 radical (unpaired) electrons. The molecule has 0 aromatic carbocycles. The van der Waals surface area contributed by atoms with Crippen molar-refractivity contribution in [2.24, 2.45) is 11.8 Å². The van der Waals surface area contributed by atoms with E-state index in [1.165, 1.54) is 0 Å². The monoisotopic (exact) mass is 195 g/mol. The zero-order valence-electron chi connectivity index (χ0n) is 9.49. The molecule has 0 bridgehead atoms. The van der Waals surface area contributed by atoms with Crippen molar-refractivity contribution in [2.75, 3.05) is 13.1 Å². The maximum absolute atomic E-state index is 11.1. The normalized spacial score (nSPS) is 19.6. The zero-order chi connectivity index (χ0) is 10.6. The first-order valence-corrected chi connectivity index (χ1v) is 5.53. The molecule has 0 N–H and O–H groups in total. The summed E-state index contributed by atoms with van der Waals surface area (Å²) < 4.78 is 0. The standard InChI is InChI=1S/C12H21NO/c1-10(2)4-5-12-6-8-13(9-7-12)11(3)14/h4-5,10,12H,6-9H2,1-3H3/b5-4+.